The van der Waals surface area contributed by atoms with Gasteiger partial charge in [-0.05, 0) is 47.0 Å². The zero-order chi connectivity index (χ0) is 14.7. The van der Waals surface area contributed by atoms with Crippen LogP contribution in [0.1, 0.15) is 21.5 Å². The number of nitrogens with one attached hydrogen (secondary N) is 1. The van der Waals surface area contributed by atoms with Crippen LogP contribution in [0.4, 0.5) is 11.4 Å². The molecule has 5 heteroatoms. The number of aryl methyl sites for hydroxylation is 1. The predicted octanol–water partition coefficient (Wildman–Crippen LogP) is 2.63. The molecule has 2 aromatic rings. The molecule has 0 aliphatic rings. The van der Waals surface area contributed by atoms with E-state index >= 15 is 0 Å². The van der Waals surface area contributed by atoms with Gasteiger partial charge in [0, 0.05) is 26.2 Å². The second-order valence-electron chi connectivity index (χ2n) is 4.93. The van der Waals surface area contributed by atoms with Crippen LogP contribution in [0.25, 0.3) is 0 Å². The van der Waals surface area contributed by atoms with Gasteiger partial charge in [-0.25, -0.2) is 0 Å². The first-order valence-electron chi connectivity index (χ1n) is 6.35. The van der Waals surface area contributed by atoms with Crippen molar-refractivity contribution in [3.63, 3.8) is 0 Å². The number of benzene rings is 1. The molecule has 0 spiro atoms. The number of carbonyl (C=O) groups excluding carboxylic acids is 1. The SMILES string of the molecule is Cc1cscc1CNC(=O)c1ccc(N(C)C)c(N)c1. The highest BCUT2D eigenvalue weighted by atomic mass is 32.1. The number of amides is 1. The van der Waals surface area contributed by atoms with Crippen LogP contribution >= 0.6 is 11.3 Å². The Morgan fingerprint density at radius 1 is 1.35 bits per heavy atom. The van der Waals surface area contributed by atoms with E-state index in [0.29, 0.717) is 17.8 Å². The molecule has 0 bridgehead atoms. The average molecular weight is 289 g/mol. The van der Waals surface area contributed by atoms with E-state index in [-0.39, 0.29) is 5.91 Å². The van der Waals surface area contributed by atoms with E-state index in [2.05, 4.69) is 16.1 Å². The summed E-state index contributed by atoms with van der Waals surface area (Å²) >= 11 is 1.64. The van der Waals surface area contributed by atoms with Crippen molar-refractivity contribution in [2.45, 2.75) is 13.5 Å². The van der Waals surface area contributed by atoms with Crippen LogP contribution in [-0.4, -0.2) is 20.0 Å². The molecule has 4 nitrogen and oxygen atoms in total. The quantitative estimate of drug-likeness (QED) is 0.851. The third-order valence-electron chi connectivity index (χ3n) is 3.17. The Bertz CT molecular complexity index is 619. The Morgan fingerprint density at radius 3 is 2.65 bits per heavy atom. The third-order valence-corrected chi connectivity index (χ3v) is 4.08. The van der Waals surface area contributed by atoms with Crippen LogP contribution in [0.5, 0.6) is 0 Å². The van der Waals surface area contributed by atoms with Gasteiger partial charge in [-0.15, -0.1) is 0 Å². The fraction of sp³-hybridized carbons (Fsp3) is 0.267. The first kappa shape index (κ1) is 14.4. The first-order chi connectivity index (χ1) is 9.49. The van der Waals surface area contributed by atoms with Gasteiger partial charge < -0.3 is 16.0 Å². The first-order valence-corrected chi connectivity index (χ1v) is 7.30. The van der Waals surface area contributed by atoms with Gasteiger partial charge in [0.15, 0.2) is 0 Å². The minimum Gasteiger partial charge on any atom is -0.397 e. The molecular formula is C15H19N3OS. The lowest BCUT2D eigenvalue weighted by Gasteiger charge is -2.15. The second-order valence-corrected chi connectivity index (χ2v) is 5.67. The fourth-order valence-electron chi connectivity index (χ4n) is 1.95. The van der Waals surface area contributed by atoms with E-state index in [1.54, 1.807) is 23.5 Å². The lowest BCUT2D eigenvalue weighted by Crippen LogP contribution is -2.23. The van der Waals surface area contributed by atoms with Crippen molar-refractivity contribution in [3.05, 3.63) is 45.6 Å². The minimum atomic E-state index is -0.104. The standard InChI is InChI=1S/C15H19N3OS/c1-10-8-20-9-12(10)7-17-15(19)11-4-5-14(18(2)3)13(16)6-11/h4-6,8-9H,7,16H2,1-3H3,(H,17,19). The maximum absolute atomic E-state index is 12.1. The number of nitrogen functional groups attached to an aromatic ring is 1. The Morgan fingerprint density at radius 2 is 2.10 bits per heavy atom. The summed E-state index contributed by atoms with van der Waals surface area (Å²) in [5.74, 6) is -0.104. The maximum atomic E-state index is 12.1. The number of carbonyl (C=O) groups is 1. The lowest BCUT2D eigenvalue weighted by atomic mass is 10.1. The molecule has 0 radical (unpaired) electrons. The number of rotatable bonds is 4. The van der Waals surface area contributed by atoms with Gasteiger partial charge in [-0.1, -0.05) is 0 Å². The number of hydrogen-bond donors (Lipinski definition) is 2. The highest BCUT2D eigenvalue weighted by Crippen LogP contribution is 2.22. The van der Waals surface area contributed by atoms with Crippen molar-refractivity contribution in [2.24, 2.45) is 0 Å². The molecule has 0 fully saturated rings. The fourth-order valence-corrected chi connectivity index (χ4v) is 2.81. The molecule has 1 aromatic carbocycles. The largest absolute Gasteiger partial charge is 0.397 e. The Labute approximate surface area is 123 Å². The summed E-state index contributed by atoms with van der Waals surface area (Å²) in [6, 6.07) is 5.37. The van der Waals surface area contributed by atoms with Crippen LogP contribution in [0.2, 0.25) is 0 Å². The summed E-state index contributed by atoms with van der Waals surface area (Å²) in [5.41, 5.74) is 10.4. The van der Waals surface area contributed by atoms with Gasteiger partial charge in [0.25, 0.3) is 5.91 Å². The Hall–Kier alpha value is -2.01. The third kappa shape index (κ3) is 3.11. The van der Waals surface area contributed by atoms with Crippen molar-refractivity contribution >= 4 is 28.6 Å². The summed E-state index contributed by atoms with van der Waals surface area (Å²) in [6.07, 6.45) is 0. The van der Waals surface area contributed by atoms with Crippen LogP contribution in [-0.2, 0) is 6.54 Å². The summed E-state index contributed by atoms with van der Waals surface area (Å²) in [5, 5.41) is 7.05. The maximum Gasteiger partial charge on any atom is 0.251 e. The molecule has 1 heterocycles. The minimum absolute atomic E-state index is 0.104. The van der Waals surface area contributed by atoms with Crippen LogP contribution in [0.15, 0.2) is 29.0 Å². The highest BCUT2D eigenvalue weighted by Gasteiger charge is 2.09. The molecule has 2 rings (SSSR count). The molecule has 1 aromatic heterocycles. The molecular weight excluding hydrogens is 270 g/mol. The smallest absolute Gasteiger partial charge is 0.251 e. The van der Waals surface area contributed by atoms with E-state index < -0.39 is 0 Å². The number of nitrogens with two attached hydrogens (primary N) is 1. The Balaban J connectivity index is 2.06. The molecule has 0 atom stereocenters. The molecule has 0 aliphatic carbocycles. The van der Waals surface area contributed by atoms with E-state index in [1.807, 2.05) is 32.0 Å². The number of hydrogen-bond acceptors (Lipinski definition) is 4. The van der Waals surface area contributed by atoms with Crippen molar-refractivity contribution in [1.29, 1.82) is 0 Å². The number of nitrogens with zero attached hydrogens (tertiary/aromatic N) is 1. The molecule has 0 aliphatic heterocycles. The molecule has 0 saturated heterocycles. The van der Waals surface area contributed by atoms with Crippen molar-refractivity contribution in [1.82, 2.24) is 5.32 Å². The zero-order valence-electron chi connectivity index (χ0n) is 11.9. The molecule has 106 valence electrons. The lowest BCUT2D eigenvalue weighted by molar-refractivity contribution is 0.0951. The van der Waals surface area contributed by atoms with Gasteiger partial charge in [0.2, 0.25) is 0 Å². The molecule has 0 unspecified atom stereocenters. The van der Waals surface area contributed by atoms with E-state index in [4.69, 9.17) is 5.73 Å². The molecule has 20 heavy (non-hydrogen) atoms. The predicted molar refractivity (Wildman–Crippen MR) is 85.4 cm³/mol. The van der Waals surface area contributed by atoms with Gasteiger partial charge in [-0.2, -0.15) is 11.3 Å². The van der Waals surface area contributed by atoms with Crippen molar-refractivity contribution in [3.8, 4) is 0 Å². The summed E-state index contributed by atoms with van der Waals surface area (Å²) in [6.45, 7) is 2.59. The van der Waals surface area contributed by atoms with Gasteiger partial charge in [0.1, 0.15) is 0 Å². The van der Waals surface area contributed by atoms with Crippen molar-refractivity contribution in [2.75, 3.05) is 24.7 Å². The van der Waals surface area contributed by atoms with E-state index in [9.17, 15) is 4.79 Å². The second kappa shape index (κ2) is 5.96. The average Bonchev–Trinajstić information content (AvgIpc) is 2.81. The van der Waals surface area contributed by atoms with Gasteiger partial charge in [-0.3, -0.25) is 4.79 Å². The summed E-state index contributed by atoms with van der Waals surface area (Å²) in [4.78, 5) is 14.0. The summed E-state index contributed by atoms with van der Waals surface area (Å²) < 4.78 is 0. The molecule has 0 saturated carbocycles. The van der Waals surface area contributed by atoms with Gasteiger partial charge in [0.05, 0.1) is 11.4 Å². The normalized spacial score (nSPS) is 10.3. The zero-order valence-corrected chi connectivity index (χ0v) is 12.8. The summed E-state index contributed by atoms with van der Waals surface area (Å²) in [7, 11) is 3.84. The highest BCUT2D eigenvalue weighted by molar-refractivity contribution is 7.08. The number of anilines is 2. The van der Waals surface area contributed by atoms with Crippen LogP contribution in [0.3, 0.4) is 0 Å². The molecule has 3 N–H and O–H groups in total. The van der Waals surface area contributed by atoms with Crippen LogP contribution in [0, 0.1) is 6.92 Å². The van der Waals surface area contributed by atoms with Gasteiger partial charge >= 0.3 is 0 Å². The van der Waals surface area contributed by atoms with Crippen LogP contribution < -0.4 is 16.0 Å². The topological polar surface area (TPSA) is 58.4 Å². The monoisotopic (exact) mass is 289 g/mol. The van der Waals surface area contributed by atoms with E-state index in [0.717, 1.165) is 11.3 Å². The number of thiophene rings is 1. The molecule has 1 amide bonds. The van der Waals surface area contributed by atoms with Crippen molar-refractivity contribution < 1.29 is 4.79 Å². The Kier molecular flexibility index (Phi) is 4.29. The van der Waals surface area contributed by atoms with E-state index in [1.165, 1.54) is 5.56 Å².